The third-order valence-electron chi connectivity index (χ3n) is 3.04. The summed E-state index contributed by atoms with van der Waals surface area (Å²) in [7, 11) is 0. The second-order valence-electron chi connectivity index (χ2n) is 4.45. The largest absolute Gasteiger partial charge is 0.439 e. The van der Waals surface area contributed by atoms with Crippen LogP contribution in [0.1, 0.15) is 5.56 Å². The fourth-order valence-electron chi connectivity index (χ4n) is 2.04. The summed E-state index contributed by atoms with van der Waals surface area (Å²) in [6.45, 7) is 0. The predicted octanol–water partition coefficient (Wildman–Crippen LogP) is 5.56. The van der Waals surface area contributed by atoms with Crippen LogP contribution in [0.15, 0.2) is 48.5 Å². The highest BCUT2D eigenvalue weighted by Crippen LogP contribution is 2.28. The highest BCUT2D eigenvalue weighted by Gasteiger charge is 2.08. The quantitative estimate of drug-likeness (QED) is 0.589. The Kier molecular flexibility index (Phi) is 3.95. The second-order valence-corrected chi connectivity index (χ2v) is 5.12. The van der Waals surface area contributed by atoms with Gasteiger partial charge in [0.1, 0.15) is 11.6 Å². The van der Waals surface area contributed by atoms with E-state index in [4.69, 9.17) is 27.9 Å². The maximum Gasteiger partial charge on any atom is 0.220 e. The summed E-state index contributed by atoms with van der Waals surface area (Å²) in [5.74, 6) is 0.507. The summed E-state index contributed by atoms with van der Waals surface area (Å²) < 4.78 is 19.0. The van der Waals surface area contributed by atoms with E-state index in [1.165, 1.54) is 12.1 Å². The summed E-state index contributed by atoms with van der Waals surface area (Å²) in [5.41, 5.74) is 1.69. The van der Waals surface area contributed by atoms with E-state index in [1.54, 1.807) is 12.1 Å². The van der Waals surface area contributed by atoms with Crippen LogP contribution in [-0.4, -0.2) is 4.98 Å². The lowest BCUT2D eigenvalue weighted by atomic mass is 10.1. The van der Waals surface area contributed by atoms with Crippen molar-refractivity contribution >= 4 is 34.1 Å². The zero-order valence-electron chi connectivity index (χ0n) is 10.8. The zero-order chi connectivity index (χ0) is 14.8. The smallest absolute Gasteiger partial charge is 0.220 e. The number of pyridine rings is 1. The van der Waals surface area contributed by atoms with Crippen molar-refractivity contribution in [2.45, 2.75) is 5.88 Å². The summed E-state index contributed by atoms with van der Waals surface area (Å²) in [5, 5.41) is 1.03. The minimum atomic E-state index is -0.535. The lowest BCUT2D eigenvalue weighted by Gasteiger charge is -2.09. The summed E-state index contributed by atoms with van der Waals surface area (Å²) in [6, 6.07) is 13.6. The molecule has 0 aliphatic rings. The van der Waals surface area contributed by atoms with E-state index in [0.29, 0.717) is 17.5 Å². The molecular formula is C16H10Cl2FNO. The molecule has 21 heavy (non-hydrogen) atoms. The Morgan fingerprint density at radius 2 is 1.90 bits per heavy atom. The molecule has 0 unspecified atom stereocenters. The Bertz CT molecular complexity index is 807. The first-order valence-corrected chi connectivity index (χ1v) is 7.16. The number of aromatic nitrogens is 1. The molecule has 0 saturated carbocycles. The highest BCUT2D eigenvalue weighted by molar-refractivity contribution is 6.30. The monoisotopic (exact) mass is 321 g/mol. The molecule has 106 valence electrons. The van der Waals surface area contributed by atoms with Crippen molar-refractivity contribution in [1.29, 1.82) is 0 Å². The molecule has 0 radical (unpaired) electrons. The molecule has 5 heteroatoms. The molecular weight excluding hydrogens is 312 g/mol. The number of ether oxygens (including phenoxy) is 1. The average Bonchev–Trinajstić information content (AvgIpc) is 2.50. The number of halogens is 3. The molecule has 0 amide bonds. The Labute approximate surface area is 131 Å². The van der Waals surface area contributed by atoms with Crippen LogP contribution in [0.3, 0.4) is 0 Å². The van der Waals surface area contributed by atoms with Gasteiger partial charge in [-0.25, -0.2) is 9.37 Å². The van der Waals surface area contributed by atoms with Gasteiger partial charge in [-0.2, -0.15) is 0 Å². The van der Waals surface area contributed by atoms with E-state index >= 15 is 0 Å². The van der Waals surface area contributed by atoms with Crippen LogP contribution in [0.2, 0.25) is 5.02 Å². The molecule has 0 fully saturated rings. The van der Waals surface area contributed by atoms with Gasteiger partial charge in [0.25, 0.3) is 0 Å². The second kappa shape index (κ2) is 5.88. The molecule has 0 spiro atoms. The first-order chi connectivity index (χ1) is 10.2. The van der Waals surface area contributed by atoms with Crippen LogP contribution in [-0.2, 0) is 5.88 Å². The molecule has 0 aliphatic carbocycles. The van der Waals surface area contributed by atoms with Crippen LogP contribution in [0.5, 0.6) is 11.6 Å². The third kappa shape index (κ3) is 2.94. The molecule has 0 atom stereocenters. The third-order valence-corrected chi connectivity index (χ3v) is 3.63. The molecule has 2 nitrogen and oxygen atoms in total. The Morgan fingerprint density at radius 1 is 1.10 bits per heavy atom. The van der Waals surface area contributed by atoms with Crippen LogP contribution >= 0.6 is 23.2 Å². The van der Waals surface area contributed by atoms with Crippen molar-refractivity contribution in [1.82, 2.24) is 4.98 Å². The van der Waals surface area contributed by atoms with Crippen LogP contribution in [0.25, 0.3) is 10.9 Å². The molecule has 0 bridgehead atoms. The minimum Gasteiger partial charge on any atom is -0.439 e. The van der Waals surface area contributed by atoms with Crippen molar-refractivity contribution < 1.29 is 9.13 Å². The number of benzene rings is 2. The standard InChI is InChI=1S/C16H10Cl2FNO/c17-9-10-7-16(20-15-4-2-1-3-12(10)15)21-11-5-6-13(18)14(19)8-11/h1-8H,9H2. The van der Waals surface area contributed by atoms with Gasteiger partial charge in [-0.1, -0.05) is 29.8 Å². The van der Waals surface area contributed by atoms with E-state index in [0.717, 1.165) is 16.5 Å². The van der Waals surface area contributed by atoms with Crippen LogP contribution in [0, 0.1) is 5.82 Å². The Morgan fingerprint density at radius 3 is 2.67 bits per heavy atom. The molecule has 2 aromatic carbocycles. The first-order valence-electron chi connectivity index (χ1n) is 6.25. The average molecular weight is 322 g/mol. The molecule has 3 aromatic rings. The molecule has 1 aromatic heterocycles. The Balaban J connectivity index is 2.02. The van der Waals surface area contributed by atoms with Gasteiger partial charge in [0.15, 0.2) is 0 Å². The summed E-state index contributed by atoms with van der Waals surface area (Å²) in [4.78, 5) is 4.39. The zero-order valence-corrected chi connectivity index (χ0v) is 12.3. The van der Waals surface area contributed by atoms with Gasteiger partial charge in [0.05, 0.1) is 10.5 Å². The van der Waals surface area contributed by atoms with Gasteiger partial charge in [-0.15, -0.1) is 11.6 Å². The minimum absolute atomic E-state index is 0.0512. The fourth-order valence-corrected chi connectivity index (χ4v) is 2.38. The van der Waals surface area contributed by atoms with Gasteiger partial charge in [-0.05, 0) is 23.8 Å². The van der Waals surface area contributed by atoms with Crippen molar-refractivity contribution in [3.63, 3.8) is 0 Å². The van der Waals surface area contributed by atoms with Crippen molar-refractivity contribution in [3.8, 4) is 11.6 Å². The molecule has 0 saturated heterocycles. The Hall–Kier alpha value is -1.84. The summed E-state index contributed by atoms with van der Waals surface area (Å²) in [6.07, 6.45) is 0. The number of alkyl halides is 1. The van der Waals surface area contributed by atoms with E-state index in [2.05, 4.69) is 4.98 Å². The fraction of sp³-hybridized carbons (Fsp3) is 0.0625. The highest BCUT2D eigenvalue weighted by atomic mass is 35.5. The van der Waals surface area contributed by atoms with Crippen molar-refractivity contribution in [2.75, 3.05) is 0 Å². The number of hydrogen-bond donors (Lipinski definition) is 0. The number of nitrogens with zero attached hydrogens (tertiary/aromatic N) is 1. The van der Waals surface area contributed by atoms with Gasteiger partial charge in [0, 0.05) is 23.4 Å². The van der Waals surface area contributed by atoms with Crippen molar-refractivity contribution in [2.24, 2.45) is 0 Å². The first kappa shape index (κ1) is 14.1. The van der Waals surface area contributed by atoms with E-state index in [1.807, 2.05) is 24.3 Å². The number of fused-ring (bicyclic) bond motifs is 1. The number of rotatable bonds is 3. The number of para-hydroxylation sites is 1. The molecule has 1 heterocycles. The van der Waals surface area contributed by atoms with E-state index in [9.17, 15) is 4.39 Å². The predicted molar refractivity (Wildman–Crippen MR) is 82.8 cm³/mol. The van der Waals surface area contributed by atoms with E-state index in [-0.39, 0.29) is 5.02 Å². The normalized spacial score (nSPS) is 10.8. The lowest BCUT2D eigenvalue weighted by Crippen LogP contribution is -1.93. The number of hydrogen-bond acceptors (Lipinski definition) is 2. The molecule has 3 rings (SSSR count). The van der Waals surface area contributed by atoms with Crippen molar-refractivity contribution in [3.05, 3.63) is 64.9 Å². The summed E-state index contributed by atoms with van der Waals surface area (Å²) >= 11 is 11.6. The van der Waals surface area contributed by atoms with Gasteiger partial charge >= 0.3 is 0 Å². The maximum absolute atomic E-state index is 13.4. The van der Waals surface area contributed by atoms with Crippen LogP contribution < -0.4 is 4.74 Å². The topological polar surface area (TPSA) is 22.1 Å². The maximum atomic E-state index is 13.4. The molecule has 0 aliphatic heterocycles. The van der Waals surface area contributed by atoms with E-state index < -0.39 is 5.82 Å². The van der Waals surface area contributed by atoms with Gasteiger partial charge < -0.3 is 4.74 Å². The van der Waals surface area contributed by atoms with Gasteiger partial charge in [0.2, 0.25) is 5.88 Å². The van der Waals surface area contributed by atoms with Crippen LogP contribution in [0.4, 0.5) is 4.39 Å². The SMILES string of the molecule is Fc1cc(Oc2cc(CCl)c3ccccc3n2)ccc1Cl. The van der Waals surface area contributed by atoms with Gasteiger partial charge in [-0.3, -0.25) is 0 Å². The molecule has 0 N–H and O–H groups in total. The lowest BCUT2D eigenvalue weighted by molar-refractivity contribution is 0.460.